The minimum Gasteiger partial charge on any atom is -0.360 e. The quantitative estimate of drug-likeness (QED) is 0.611. The second-order valence-corrected chi connectivity index (χ2v) is 7.54. The number of hydrogen-bond acceptors (Lipinski definition) is 4. The van der Waals surface area contributed by atoms with Crippen molar-refractivity contribution in [2.24, 2.45) is 5.92 Å². The van der Waals surface area contributed by atoms with E-state index in [0.29, 0.717) is 10.9 Å². The largest absolute Gasteiger partial charge is 0.360 e. The van der Waals surface area contributed by atoms with Gasteiger partial charge in [-0.3, -0.25) is 14.4 Å². The lowest BCUT2D eigenvalue weighted by Gasteiger charge is -2.21. The van der Waals surface area contributed by atoms with E-state index in [1.54, 1.807) is 35.6 Å². The number of aromatic nitrogens is 1. The molecule has 0 bridgehead atoms. The molecule has 7 heteroatoms. The first kappa shape index (κ1) is 18.8. The van der Waals surface area contributed by atoms with Gasteiger partial charge in [0.25, 0.3) is 5.91 Å². The molecule has 2 heterocycles. The summed E-state index contributed by atoms with van der Waals surface area (Å²) in [5, 5.41) is 7.87. The highest BCUT2D eigenvalue weighted by Crippen LogP contribution is 2.25. The topological polar surface area (TPSA) is 91.1 Å². The molecule has 1 aromatic carbocycles. The lowest BCUT2D eigenvalue weighted by molar-refractivity contribution is -0.121. The van der Waals surface area contributed by atoms with Crippen molar-refractivity contribution in [3.05, 3.63) is 68.6 Å². The molecule has 0 fully saturated rings. The molecule has 2 amide bonds. The highest BCUT2D eigenvalue weighted by atomic mass is 32.1. The van der Waals surface area contributed by atoms with Crippen molar-refractivity contribution >= 4 is 34.1 Å². The average Bonchev–Trinajstić information content (AvgIpc) is 3.18. The Morgan fingerprint density at radius 2 is 1.93 bits per heavy atom. The van der Waals surface area contributed by atoms with Crippen LogP contribution in [-0.4, -0.2) is 23.3 Å². The number of H-pyrrole nitrogens is 1. The number of nitrogens with one attached hydrogen (secondary N) is 3. The van der Waals surface area contributed by atoms with Gasteiger partial charge in [0, 0.05) is 22.0 Å². The van der Waals surface area contributed by atoms with E-state index in [2.05, 4.69) is 15.6 Å². The molecule has 0 radical (unpaired) electrons. The van der Waals surface area contributed by atoms with Gasteiger partial charge < -0.3 is 15.6 Å². The Bertz CT molecular complexity index is 1010. The van der Waals surface area contributed by atoms with Crippen LogP contribution < -0.4 is 16.1 Å². The Kier molecular flexibility index (Phi) is 5.71. The minimum absolute atomic E-state index is 0.0137. The molecular weight excluding hydrogens is 362 g/mol. The van der Waals surface area contributed by atoms with E-state index < -0.39 is 5.91 Å². The molecule has 0 aliphatic rings. The summed E-state index contributed by atoms with van der Waals surface area (Å²) < 4.78 is 0. The molecule has 0 saturated carbocycles. The molecule has 3 aromatic rings. The molecule has 1 atom stereocenters. The number of fused-ring (bicyclic) bond motifs is 1. The van der Waals surface area contributed by atoms with Crippen LogP contribution in [0.3, 0.4) is 0 Å². The third-order valence-corrected chi connectivity index (χ3v) is 5.23. The molecule has 1 unspecified atom stereocenters. The Balaban J connectivity index is 1.66. The summed E-state index contributed by atoms with van der Waals surface area (Å²) in [4.78, 5) is 41.1. The Morgan fingerprint density at radius 1 is 1.15 bits per heavy atom. The zero-order valence-electron chi connectivity index (χ0n) is 15.1. The third kappa shape index (κ3) is 4.25. The molecule has 140 valence electrons. The van der Waals surface area contributed by atoms with Crippen LogP contribution in [0.15, 0.2) is 52.8 Å². The molecule has 0 saturated heterocycles. The van der Waals surface area contributed by atoms with Crippen LogP contribution in [-0.2, 0) is 4.79 Å². The zero-order chi connectivity index (χ0) is 19.4. The van der Waals surface area contributed by atoms with Gasteiger partial charge in [0.2, 0.25) is 11.3 Å². The predicted molar refractivity (Wildman–Crippen MR) is 107 cm³/mol. The summed E-state index contributed by atoms with van der Waals surface area (Å²) in [5.41, 5.74) is 0.286. The molecule has 0 aliphatic heterocycles. The smallest absolute Gasteiger partial charge is 0.257 e. The van der Waals surface area contributed by atoms with E-state index in [0.717, 1.165) is 4.88 Å². The van der Waals surface area contributed by atoms with Gasteiger partial charge in [-0.2, -0.15) is 0 Å². The fourth-order valence-electron chi connectivity index (χ4n) is 2.85. The van der Waals surface area contributed by atoms with E-state index in [1.165, 1.54) is 6.20 Å². The first-order valence-electron chi connectivity index (χ1n) is 8.68. The number of amides is 2. The van der Waals surface area contributed by atoms with Crippen molar-refractivity contribution in [1.82, 2.24) is 15.6 Å². The van der Waals surface area contributed by atoms with Gasteiger partial charge in [-0.1, -0.05) is 32.0 Å². The number of hydrogen-bond donors (Lipinski definition) is 3. The highest BCUT2D eigenvalue weighted by molar-refractivity contribution is 7.10. The number of pyridine rings is 1. The van der Waals surface area contributed by atoms with Gasteiger partial charge in [0.1, 0.15) is 5.56 Å². The van der Waals surface area contributed by atoms with Crippen molar-refractivity contribution in [3.63, 3.8) is 0 Å². The van der Waals surface area contributed by atoms with Gasteiger partial charge in [0.15, 0.2) is 0 Å². The van der Waals surface area contributed by atoms with Crippen molar-refractivity contribution in [2.45, 2.75) is 19.9 Å². The summed E-state index contributed by atoms with van der Waals surface area (Å²) in [5.74, 6) is -0.659. The van der Waals surface area contributed by atoms with Gasteiger partial charge in [-0.15, -0.1) is 11.3 Å². The van der Waals surface area contributed by atoms with E-state index in [1.807, 2.05) is 31.4 Å². The standard InChI is InChI=1S/C20H21N3O3S/c1-12(2)18(16-8-5-9-27-16)23-17(24)11-22-20(26)14-10-21-15-7-4-3-6-13(15)19(14)25/h3-10,12,18H,11H2,1-2H3,(H,21,25)(H,22,26)(H,23,24). The second-order valence-electron chi connectivity index (χ2n) is 6.56. The third-order valence-electron chi connectivity index (χ3n) is 4.28. The normalized spacial score (nSPS) is 12.1. The number of carbonyl (C=O) groups excluding carboxylic acids is 2. The molecular formula is C20H21N3O3S. The lowest BCUT2D eigenvalue weighted by atomic mass is 10.0. The fourth-order valence-corrected chi connectivity index (χ4v) is 3.80. The average molecular weight is 383 g/mol. The minimum atomic E-state index is -0.575. The molecule has 27 heavy (non-hydrogen) atoms. The summed E-state index contributed by atoms with van der Waals surface area (Å²) in [6.07, 6.45) is 1.38. The SMILES string of the molecule is CC(C)C(NC(=O)CNC(=O)c1c[nH]c2ccccc2c1=O)c1cccs1. The van der Waals surface area contributed by atoms with E-state index in [-0.39, 0.29) is 35.4 Å². The molecule has 3 rings (SSSR count). The highest BCUT2D eigenvalue weighted by Gasteiger charge is 2.20. The predicted octanol–water partition coefficient (Wildman–Crippen LogP) is 2.83. The summed E-state index contributed by atoms with van der Waals surface area (Å²) in [6.45, 7) is 3.86. The van der Waals surface area contributed by atoms with Gasteiger partial charge >= 0.3 is 0 Å². The Morgan fingerprint density at radius 3 is 2.63 bits per heavy atom. The first-order valence-corrected chi connectivity index (χ1v) is 9.56. The zero-order valence-corrected chi connectivity index (χ0v) is 15.9. The van der Waals surface area contributed by atoms with Crippen LogP contribution >= 0.6 is 11.3 Å². The van der Waals surface area contributed by atoms with Gasteiger partial charge in [-0.25, -0.2) is 0 Å². The number of aromatic amines is 1. The van der Waals surface area contributed by atoms with Crippen LogP contribution in [0.4, 0.5) is 0 Å². The number of thiophene rings is 1. The van der Waals surface area contributed by atoms with Crippen molar-refractivity contribution in [3.8, 4) is 0 Å². The number of para-hydroxylation sites is 1. The van der Waals surface area contributed by atoms with Crippen molar-refractivity contribution in [1.29, 1.82) is 0 Å². The lowest BCUT2D eigenvalue weighted by Crippen LogP contribution is -2.40. The van der Waals surface area contributed by atoms with Crippen molar-refractivity contribution < 1.29 is 9.59 Å². The Labute approximate surface area is 160 Å². The maximum Gasteiger partial charge on any atom is 0.257 e. The van der Waals surface area contributed by atoms with E-state index in [4.69, 9.17) is 0 Å². The van der Waals surface area contributed by atoms with E-state index >= 15 is 0 Å². The summed E-state index contributed by atoms with van der Waals surface area (Å²) in [6, 6.07) is 10.8. The molecule has 3 N–H and O–H groups in total. The number of benzene rings is 1. The fraction of sp³-hybridized carbons (Fsp3) is 0.250. The Hall–Kier alpha value is -2.93. The molecule has 6 nitrogen and oxygen atoms in total. The number of carbonyl (C=O) groups is 2. The summed E-state index contributed by atoms with van der Waals surface area (Å²) in [7, 11) is 0. The van der Waals surface area contributed by atoms with E-state index in [9.17, 15) is 14.4 Å². The van der Waals surface area contributed by atoms with Gasteiger partial charge in [-0.05, 0) is 29.5 Å². The number of rotatable bonds is 6. The second kappa shape index (κ2) is 8.18. The first-order chi connectivity index (χ1) is 13.0. The van der Waals surface area contributed by atoms with Crippen LogP contribution in [0.1, 0.15) is 35.1 Å². The molecule has 0 spiro atoms. The van der Waals surface area contributed by atoms with Crippen LogP contribution in [0.5, 0.6) is 0 Å². The van der Waals surface area contributed by atoms with Crippen LogP contribution in [0.25, 0.3) is 10.9 Å². The molecule has 0 aliphatic carbocycles. The maximum atomic E-state index is 12.5. The van der Waals surface area contributed by atoms with Gasteiger partial charge in [0.05, 0.1) is 12.6 Å². The summed E-state index contributed by atoms with van der Waals surface area (Å²) >= 11 is 1.58. The monoisotopic (exact) mass is 383 g/mol. The van der Waals surface area contributed by atoms with Crippen LogP contribution in [0, 0.1) is 5.92 Å². The maximum absolute atomic E-state index is 12.5. The molecule has 2 aromatic heterocycles. The van der Waals surface area contributed by atoms with Crippen LogP contribution in [0.2, 0.25) is 0 Å². The van der Waals surface area contributed by atoms with Crippen molar-refractivity contribution in [2.75, 3.05) is 6.54 Å².